The predicted octanol–water partition coefficient (Wildman–Crippen LogP) is 1.34. The van der Waals surface area contributed by atoms with Crippen LogP contribution in [-0.2, 0) is 0 Å². The largest absolute Gasteiger partial charge is 0.350 e. The van der Waals surface area contributed by atoms with E-state index in [1.54, 1.807) is 0 Å². The Kier molecular flexibility index (Phi) is 3.66. The highest BCUT2D eigenvalue weighted by molar-refractivity contribution is 6.29. The lowest BCUT2D eigenvalue weighted by Crippen LogP contribution is -2.32. The molecule has 5 nitrogen and oxygen atoms in total. The van der Waals surface area contributed by atoms with Crippen molar-refractivity contribution in [3.8, 4) is 0 Å². The highest BCUT2D eigenvalue weighted by Crippen LogP contribution is 2.31. The molecule has 0 radical (unpaired) electrons. The van der Waals surface area contributed by atoms with Crippen LogP contribution in [0.15, 0.2) is 12.4 Å². The quantitative estimate of drug-likeness (QED) is 0.904. The molecule has 0 spiro atoms. The summed E-state index contributed by atoms with van der Waals surface area (Å²) in [6.45, 7) is 3.00. The van der Waals surface area contributed by atoms with Crippen molar-refractivity contribution in [3.05, 3.63) is 23.2 Å². The summed E-state index contributed by atoms with van der Waals surface area (Å²) in [7, 11) is 0. The van der Waals surface area contributed by atoms with Gasteiger partial charge < -0.3 is 10.2 Å². The zero-order chi connectivity index (χ0) is 13.2. The van der Waals surface area contributed by atoms with Gasteiger partial charge in [0, 0.05) is 19.1 Å². The van der Waals surface area contributed by atoms with Crippen molar-refractivity contribution in [1.29, 1.82) is 0 Å². The number of nitrogens with one attached hydrogen (secondary N) is 1. The molecule has 0 aromatic carbocycles. The second kappa shape index (κ2) is 5.43. The number of aromatic nitrogens is 2. The molecule has 1 aromatic heterocycles. The van der Waals surface area contributed by atoms with E-state index >= 15 is 0 Å². The van der Waals surface area contributed by atoms with Crippen molar-refractivity contribution in [2.75, 3.05) is 19.6 Å². The van der Waals surface area contributed by atoms with E-state index in [2.05, 4.69) is 20.2 Å². The highest BCUT2D eigenvalue weighted by Gasteiger charge is 2.34. The van der Waals surface area contributed by atoms with Crippen molar-refractivity contribution in [1.82, 2.24) is 20.2 Å². The van der Waals surface area contributed by atoms with Crippen LogP contribution >= 0.6 is 11.6 Å². The summed E-state index contributed by atoms with van der Waals surface area (Å²) < 4.78 is 0. The Morgan fingerprint density at radius 1 is 1.37 bits per heavy atom. The number of carbonyl (C=O) groups excluding carboxylic acids is 1. The molecule has 2 aliphatic rings. The topological polar surface area (TPSA) is 58.1 Å². The molecule has 1 N–H and O–H groups in total. The number of hydrogen-bond acceptors (Lipinski definition) is 4. The molecule has 1 aliphatic heterocycles. The lowest BCUT2D eigenvalue weighted by molar-refractivity contribution is 0.0942. The van der Waals surface area contributed by atoms with Gasteiger partial charge in [0.25, 0.3) is 5.91 Å². The molecule has 2 heterocycles. The molecular weight excluding hydrogens is 264 g/mol. The minimum atomic E-state index is -0.172. The third-order valence-corrected chi connectivity index (χ3v) is 3.98. The van der Waals surface area contributed by atoms with Crippen LogP contribution in [0, 0.1) is 5.92 Å². The van der Waals surface area contributed by atoms with Gasteiger partial charge >= 0.3 is 0 Å². The smallest absolute Gasteiger partial charge is 0.271 e. The van der Waals surface area contributed by atoms with Crippen LogP contribution in [0.2, 0.25) is 5.15 Å². The Labute approximate surface area is 117 Å². The summed E-state index contributed by atoms with van der Waals surface area (Å²) in [5.41, 5.74) is 0.321. The number of carbonyl (C=O) groups is 1. The third kappa shape index (κ3) is 3.22. The van der Waals surface area contributed by atoms with Gasteiger partial charge in [0.05, 0.1) is 12.4 Å². The molecule has 1 atom stereocenters. The van der Waals surface area contributed by atoms with Crippen LogP contribution in [0.4, 0.5) is 0 Å². The molecular formula is C13H17ClN4O. The van der Waals surface area contributed by atoms with Crippen LogP contribution in [0.5, 0.6) is 0 Å². The van der Waals surface area contributed by atoms with Gasteiger partial charge in [-0.25, -0.2) is 9.97 Å². The Hall–Kier alpha value is -1.20. The van der Waals surface area contributed by atoms with Crippen molar-refractivity contribution < 1.29 is 4.79 Å². The Morgan fingerprint density at radius 3 is 2.89 bits per heavy atom. The standard InChI is InChI=1S/C13H17ClN4O/c14-12-7-15-11(6-16-12)13(19)17-5-9-3-4-18(8-9)10-1-2-10/h6-7,9-10H,1-5,8H2,(H,17,19). The van der Waals surface area contributed by atoms with Crippen molar-refractivity contribution in [3.63, 3.8) is 0 Å². The molecule has 1 unspecified atom stereocenters. The first-order valence-corrected chi connectivity index (χ1v) is 7.10. The Bertz CT molecular complexity index is 460. The first kappa shape index (κ1) is 12.8. The maximum absolute atomic E-state index is 11.9. The zero-order valence-corrected chi connectivity index (χ0v) is 11.4. The molecule has 3 rings (SSSR count). The van der Waals surface area contributed by atoms with Crippen LogP contribution in [0.1, 0.15) is 29.8 Å². The maximum Gasteiger partial charge on any atom is 0.271 e. The van der Waals surface area contributed by atoms with Crippen LogP contribution in [0.25, 0.3) is 0 Å². The molecule has 2 fully saturated rings. The fraction of sp³-hybridized carbons (Fsp3) is 0.615. The van der Waals surface area contributed by atoms with Gasteiger partial charge in [-0.3, -0.25) is 4.79 Å². The zero-order valence-electron chi connectivity index (χ0n) is 10.7. The van der Waals surface area contributed by atoms with Crippen LogP contribution < -0.4 is 5.32 Å². The third-order valence-electron chi connectivity index (χ3n) is 3.78. The Morgan fingerprint density at radius 2 is 2.21 bits per heavy atom. The van der Waals surface area contributed by atoms with E-state index in [0.717, 1.165) is 12.6 Å². The summed E-state index contributed by atoms with van der Waals surface area (Å²) in [6, 6.07) is 0.822. The average molecular weight is 281 g/mol. The average Bonchev–Trinajstić information content (AvgIpc) is 3.16. The molecule has 1 saturated heterocycles. The minimum absolute atomic E-state index is 0.172. The predicted molar refractivity (Wildman–Crippen MR) is 72.1 cm³/mol. The van der Waals surface area contributed by atoms with Gasteiger partial charge in [-0.1, -0.05) is 11.6 Å². The maximum atomic E-state index is 11.9. The van der Waals surface area contributed by atoms with E-state index in [1.165, 1.54) is 38.2 Å². The number of rotatable bonds is 4. The first-order chi connectivity index (χ1) is 9.22. The van der Waals surface area contributed by atoms with Gasteiger partial charge in [0.2, 0.25) is 0 Å². The van der Waals surface area contributed by atoms with Crippen LogP contribution in [0.3, 0.4) is 0 Å². The van der Waals surface area contributed by atoms with Gasteiger partial charge in [0.15, 0.2) is 0 Å². The monoisotopic (exact) mass is 280 g/mol. The second-order valence-electron chi connectivity index (χ2n) is 5.32. The minimum Gasteiger partial charge on any atom is -0.350 e. The van der Waals surface area contributed by atoms with Gasteiger partial charge in [-0.2, -0.15) is 0 Å². The number of nitrogens with zero attached hydrogens (tertiary/aromatic N) is 3. The summed E-state index contributed by atoms with van der Waals surface area (Å²) in [5.74, 6) is 0.388. The van der Waals surface area contributed by atoms with Crippen molar-refractivity contribution in [2.24, 2.45) is 5.92 Å². The fourth-order valence-corrected chi connectivity index (χ4v) is 2.66. The van der Waals surface area contributed by atoms with Crippen molar-refractivity contribution >= 4 is 17.5 Å². The van der Waals surface area contributed by atoms with E-state index in [9.17, 15) is 4.79 Å². The number of amides is 1. The molecule has 1 aromatic rings. The molecule has 19 heavy (non-hydrogen) atoms. The van der Waals surface area contributed by atoms with E-state index in [4.69, 9.17) is 11.6 Å². The summed E-state index contributed by atoms with van der Waals surface area (Å²) in [4.78, 5) is 22.2. The fourth-order valence-electron chi connectivity index (χ4n) is 2.56. The van der Waals surface area contributed by atoms with E-state index in [-0.39, 0.29) is 5.91 Å². The first-order valence-electron chi connectivity index (χ1n) is 6.72. The van der Waals surface area contributed by atoms with Gasteiger partial charge in [0.1, 0.15) is 10.8 Å². The normalized spacial score (nSPS) is 23.5. The molecule has 1 amide bonds. The Balaban J connectivity index is 1.46. The second-order valence-corrected chi connectivity index (χ2v) is 5.70. The van der Waals surface area contributed by atoms with E-state index in [0.29, 0.717) is 23.3 Å². The molecule has 1 aliphatic carbocycles. The molecule has 102 valence electrons. The summed E-state index contributed by atoms with van der Waals surface area (Å²) in [5, 5.41) is 3.23. The van der Waals surface area contributed by atoms with Crippen molar-refractivity contribution in [2.45, 2.75) is 25.3 Å². The lowest BCUT2D eigenvalue weighted by Gasteiger charge is -2.15. The molecule has 1 saturated carbocycles. The van der Waals surface area contributed by atoms with Crippen LogP contribution in [-0.4, -0.2) is 46.5 Å². The molecule has 6 heteroatoms. The number of halogens is 1. The SMILES string of the molecule is O=C(NCC1CCN(C2CC2)C1)c1cnc(Cl)cn1. The number of hydrogen-bond donors (Lipinski definition) is 1. The number of likely N-dealkylation sites (tertiary alicyclic amines) is 1. The van der Waals surface area contributed by atoms with Gasteiger partial charge in [-0.15, -0.1) is 0 Å². The van der Waals surface area contributed by atoms with E-state index in [1.807, 2.05) is 0 Å². The lowest BCUT2D eigenvalue weighted by atomic mass is 10.1. The van der Waals surface area contributed by atoms with E-state index < -0.39 is 0 Å². The molecule has 0 bridgehead atoms. The highest BCUT2D eigenvalue weighted by atomic mass is 35.5. The summed E-state index contributed by atoms with van der Waals surface area (Å²) in [6.07, 6.45) is 6.66. The summed E-state index contributed by atoms with van der Waals surface area (Å²) >= 11 is 5.64. The van der Waals surface area contributed by atoms with Gasteiger partial charge in [-0.05, 0) is 31.7 Å².